The van der Waals surface area contributed by atoms with Gasteiger partial charge in [0.1, 0.15) is 0 Å². The van der Waals surface area contributed by atoms with E-state index in [-0.39, 0.29) is 6.04 Å². The lowest BCUT2D eigenvalue weighted by atomic mass is 10.3. The minimum Gasteiger partial charge on any atom is -0.302 e. The van der Waals surface area contributed by atoms with Crippen LogP contribution in [-0.4, -0.2) is 67.1 Å². The van der Waals surface area contributed by atoms with Crippen molar-refractivity contribution in [1.29, 1.82) is 0 Å². The van der Waals surface area contributed by atoms with E-state index in [1.165, 1.54) is 12.8 Å². The van der Waals surface area contributed by atoms with Crippen molar-refractivity contribution in [3.05, 3.63) is 0 Å². The van der Waals surface area contributed by atoms with Crippen molar-refractivity contribution < 1.29 is 8.42 Å². The maximum Gasteiger partial charge on any atom is 0.214 e. The molecule has 1 atom stereocenters. The third-order valence-corrected chi connectivity index (χ3v) is 7.36. The van der Waals surface area contributed by atoms with Gasteiger partial charge >= 0.3 is 0 Å². The maximum absolute atomic E-state index is 12.6. The Kier molecular flexibility index (Phi) is 6.65. The van der Waals surface area contributed by atoms with Gasteiger partial charge in [0.2, 0.25) is 10.0 Å². The van der Waals surface area contributed by atoms with Crippen molar-refractivity contribution in [1.82, 2.24) is 9.21 Å². The van der Waals surface area contributed by atoms with Crippen LogP contribution in [-0.2, 0) is 10.0 Å². The molecule has 118 valence electrons. The molecule has 2 heterocycles. The molecule has 2 aliphatic heterocycles. The first kappa shape index (κ1) is 16.6. The fraction of sp³-hybridized carbons (Fsp3) is 1.00. The van der Waals surface area contributed by atoms with Gasteiger partial charge in [-0.05, 0) is 44.5 Å². The van der Waals surface area contributed by atoms with Crippen LogP contribution in [0.3, 0.4) is 0 Å². The van der Waals surface area contributed by atoms with Gasteiger partial charge in [0, 0.05) is 24.9 Å². The standard InChI is InChI=1S/C14H28N2O2S2/c1-2-3-11-20(17,18)16-9-6-10-19-13-14(16)12-15-7-4-5-8-15/h14H,2-13H2,1H3. The monoisotopic (exact) mass is 320 g/mol. The van der Waals surface area contributed by atoms with E-state index >= 15 is 0 Å². The van der Waals surface area contributed by atoms with E-state index in [1.54, 1.807) is 0 Å². The Bertz CT molecular complexity index is 381. The summed E-state index contributed by atoms with van der Waals surface area (Å²) in [6, 6.07) is 0.183. The van der Waals surface area contributed by atoms with Crippen molar-refractivity contribution in [3.63, 3.8) is 0 Å². The number of sulfonamides is 1. The lowest BCUT2D eigenvalue weighted by Gasteiger charge is -2.31. The quantitative estimate of drug-likeness (QED) is 0.751. The van der Waals surface area contributed by atoms with Crippen molar-refractivity contribution >= 4 is 21.8 Å². The maximum atomic E-state index is 12.6. The summed E-state index contributed by atoms with van der Waals surface area (Å²) in [6.07, 6.45) is 5.25. The molecule has 0 spiro atoms. The highest BCUT2D eigenvalue weighted by molar-refractivity contribution is 7.99. The van der Waals surface area contributed by atoms with Gasteiger partial charge in [-0.15, -0.1) is 0 Å². The predicted octanol–water partition coefficient (Wildman–Crippen LogP) is 2.02. The van der Waals surface area contributed by atoms with Crippen molar-refractivity contribution in [2.45, 2.75) is 45.1 Å². The molecule has 0 saturated carbocycles. The van der Waals surface area contributed by atoms with E-state index < -0.39 is 10.0 Å². The molecule has 2 fully saturated rings. The molecule has 0 N–H and O–H groups in total. The van der Waals surface area contributed by atoms with E-state index in [0.717, 1.165) is 56.9 Å². The van der Waals surface area contributed by atoms with E-state index in [1.807, 2.05) is 16.1 Å². The Morgan fingerprint density at radius 1 is 1.15 bits per heavy atom. The van der Waals surface area contributed by atoms with Gasteiger partial charge in [-0.1, -0.05) is 13.3 Å². The molecule has 4 nitrogen and oxygen atoms in total. The zero-order valence-corrected chi connectivity index (χ0v) is 14.2. The second kappa shape index (κ2) is 8.01. The van der Waals surface area contributed by atoms with Gasteiger partial charge in [0.05, 0.1) is 5.75 Å². The molecule has 0 bridgehead atoms. The fourth-order valence-electron chi connectivity index (χ4n) is 3.02. The first-order chi connectivity index (χ1) is 9.63. The topological polar surface area (TPSA) is 40.6 Å². The van der Waals surface area contributed by atoms with Crippen LogP contribution in [0, 0.1) is 0 Å². The van der Waals surface area contributed by atoms with E-state index in [4.69, 9.17) is 0 Å². The second-order valence-corrected chi connectivity index (χ2v) is 9.06. The minimum atomic E-state index is -3.07. The summed E-state index contributed by atoms with van der Waals surface area (Å²) in [5.41, 5.74) is 0. The number of unbranched alkanes of at least 4 members (excludes halogenated alkanes) is 1. The molecule has 2 saturated heterocycles. The lowest BCUT2D eigenvalue weighted by Crippen LogP contribution is -2.48. The summed E-state index contributed by atoms with van der Waals surface area (Å²) in [7, 11) is -3.07. The molecule has 0 aromatic rings. The number of likely N-dealkylation sites (tertiary alicyclic amines) is 1. The lowest BCUT2D eigenvalue weighted by molar-refractivity contribution is 0.243. The van der Waals surface area contributed by atoms with Gasteiger partial charge in [0.25, 0.3) is 0 Å². The first-order valence-corrected chi connectivity index (χ1v) is 10.7. The SMILES string of the molecule is CCCCS(=O)(=O)N1CCCSCC1CN1CCCC1. The average Bonchev–Trinajstić information content (AvgIpc) is 2.81. The van der Waals surface area contributed by atoms with Gasteiger partial charge in [-0.3, -0.25) is 0 Å². The fourth-order valence-corrected chi connectivity index (χ4v) is 6.07. The third kappa shape index (κ3) is 4.61. The molecular formula is C14H28N2O2S2. The molecule has 2 aliphatic rings. The summed E-state index contributed by atoms with van der Waals surface area (Å²) in [5.74, 6) is 2.38. The van der Waals surface area contributed by atoms with Crippen LogP contribution in [0.1, 0.15) is 39.0 Å². The zero-order valence-electron chi connectivity index (χ0n) is 12.6. The van der Waals surface area contributed by atoms with Gasteiger partial charge in [0.15, 0.2) is 0 Å². The molecule has 2 rings (SSSR count). The highest BCUT2D eigenvalue weighted by atomic mass is 32.2. The van der Waals surface area contributed by atoms with Crippen LogP contribution in [0.2, 0.25) is 0 Å². The summed E-state index contributed by atoms with van der Waals surface area (Å²) in [4.78, 5) is 2.44. The molecule has 1 unspecified atom stereocenters. The number of hydrogen-bond donors (Lipinski definition) is 0. The van der Waals surface area contributed by atoms with Crippen LogP contribution in [0.4, 0.5) is 0 Å². The van der Waals surface area contributed by atoms with Gasteiger partial charge in [-0.25, -0.2) is 8.42 Å². The van der Waals surface area contributed by atoms with E-state index in [9.17, 15) is 8.42 Å². The molecule has 0 aliphatic carbocycles. The first-order valence-electron chi connectivity index (χ1n) is 7.93. The Morgan fingerprint density at radius 3 is 2.60 bits per heavy atom. The molecule has 6 heteroatoms. The third-order valence-electron chi connectivity index (χ3n) is 4.17. The van der Waals surface area contributed by atoms with Crippen LogP contribution in [0.5, 0.6) is 0 Å². The van der Waals surface area contributed by atoms with Crippen molar-refractivity contribution in [3.8, 4) is 0 Å². The Hall–Kier alpha value is 0.220. The van der Waals surface area contributed by atoms with Gasteiger partial charge < -0.3 is 4.90 Å². The highest BCUT2D eigenvalue weighted by Gasteiger charge is 2.32. The molecule has 0 aromatic carbocycles. The van der Waals surface area contributed by atoms with E-state index in [0.29, 0.717) is 5.75 Å². The largest absolute Gasteiger partial charge is 0.302 e. The van der Waals surface area contributed by atoms with E-state index in [2.05, 4.69) is 11.8 Å². The Labute approximate surface area is 128 Å². The minimum absolute atomic E-state index is 0.183. The summed E-state index contributed by atoms with van der Waals surface area (Å²) in [5, 5.41) is 0. The number of nitrogens with zero attached hydrogens (tertiary/aromatic N) is 2. The van der Waals surface area contributed by atoms with Gasteiger partial charge in [-0.2, -0.15) is 16.1 Å². The van der Waals surface area contributed by atoms with Crippen LogP contribution < -0.4 is 0 Å². The molecule has 0 aromatic heterocycles. The normalized spacial score (nSPS) is 26.8. The van der Waals surface area contributed by atoms with Crippen LogP contribution in [0.15, 0.2) is 0 Å². The Balaban J connectivity index is 2.03. The zero-order chi connectivity index (χ0) is 14.4. The Morgan fingerprint density at radius 2 is 1.90 bits per heavy atom. The van der Waals surface area contributed by atoms with Crippen LogP contribution >= 0.6 is 11.8 Å². The van der Waals surface area contributed by atoms with Crippen molar-refractivity contribution in [2.24, 2.45) is 0 Å². The summed E-state index contributed by atoms with van der Waals surface area (Å²) < 4.78 is 27.0. The van der Waals surface area contributed by atoms with Crippen molar-refractivity contribution in [2.75, 3.05) is 43.4 Å². The number of rotatable bonds is 6. The average molecular weight is 321 g/mol. The predicted molar refractivity (Wildman–Crippen MR) is 86.8 cm³/mol. The number of hydrogen-bond acceptors (Lipinski definition) is 4. The molecular weight excluding hydrogens is 292 g/mol. The summed E-state index contributed by atoms with van der Waals surface area (Å²) in [6.45, 7) is 5.99. The molecule has 0 radical (unpaired) electrons. The summed E-state index contributed by atoms with van der Waals surface area (Å²) >= 11 is 1.92. The second-order valence-electron chi connectivity index (χ2n) is 5.87. The number of thioether (sulfide) groups is 1. The smallest absolute Gasteiger partial charge is 0.214 e. The van der Waals surface area contributed by atoms with Crippen LogP contribution in [0.25, 0.3) is 0 Å². The molecule has 0 amide bonds. The highest BCUT2D eigenvalue weighted by Crippen LogP contribution is 2.22. The molecule has 20 heavy (non-hydrogen) atoms.